The summed E-state index contributed by atoms with van der Waals surface area (Å²) >= 11 is 9.82. The van der Waals surface area contributed by atoms with Crippen molar-refractivity contribution in [3.8, 4) is 11.3 Å². The molecular weight excluding hydrogens is 600 g/mol. The summed E-state index contributed by atoms with van der Waals surface area (Å²) in [7, 11) is 1.89. The van der Waals surface area contributed by atoms with E-state index in [9.17, 15) is 8.78 Å². The van der Waals surface area contributed by atoms with Gasteiger partial charge in [0.05, 0.1) is 23.4 Å². The van der Waals surface area contributed by atoms with Crippen LogP contribution in [-0.4, -0.2) is 30.3 Å². The summed E-state index contributed by atoms with van der Waals surface area (Å²) in [5.74, 6) is -0.313. The Kier molecular flexibility index (Phi) is 8.94. The van der Waals surface area contributed by atoms with Crippen molar-refractivity contribution in [2.24, 2.45) is 7.05 Å². The van der Waals surface area contributed by atoms with Crippen molar-refractivity contribution in [3.05, 3.63) is 47.0 Å². The second kappa shape index (κ2) is 11.3. The minimum Gasteiger partial charge on any atom is -0.353 e. The molecule has 12 heteroatoms. The standard InChI is InChI=1S/C19H17ClF2IN6PS.C2H6/c1-9-8-28(2)27-15(9)10-4-5-11(13(6-10)31-3)24-12-7-14(20)25-18-16(12)26-19(17(21)22)29(18)30-23;1-2/h4-8,17,30H,1-3H3,(H,24,25);1-2H3. The number of halogens is 4. The molecule has 1 atom stereocenters. The van der Waals surface area contributed by atoms with Gasteiger partial charge >= 0.3 is 0 Å². The summed E-state index contributed by atoms with van der Waals surface area (Å²) in [6, 6.07) is 7.58. The fourth-order valence-electron chi connectivity index (χ4n) is 3.34. The van der Waals surface area contributed by atoms with Gasteiger partial charge in [-0.3, -0.25) is 9.02 Å². The number of fused-ring (bicyclic) bond motifs is 1. The van der Waals surface area contributed by atoms with Crippen molar-refractivity contribution in [3.63, 3.8) is 0 Å². The first kappa shape index (κ1) is 26.1. The van der Waals surface area contributed by atoms with E-state index in [0.717, 1.165) is 27.4 Å². The maximum Gasteiger partial charge on any atom is 0.295 e. The van der Waals surface area contributed by atoms with E-state index in [0.29, 0.717) is 16.9 Å². The van der Waals surface area contributed by atoms with E-state index >= 15 is 0 Å². The molecule has 33 heavy (non-hydrogen) atoms. The average molecular weight is 623 g/mol. The molecule has 3 aromatic heterocycles. The Balaban J connectivity index is 0.00000149. The predicted molar refractivity (Wildman–Crippen MR) is 145 cm³/mol. The van der Waals surface area contributed by atoms with Gasteiger partial charge in [0.1, 0.15) is 10.7 Å². The van der Waals surface area contributed by atoms with Crippen LogP contribution in [0.25, 0.3) is 22.4 Å². The van der Waals surface area contributed by atoms with Crippen molar-refractivity contribution in [2.45, 2.75) is 32.1 Å². The summed E-state index contributed by atoms with van der Waals surface area (Å²) < 4.78 is 30.2. The van der Waals surface area contributed by atoms with Gasteiger partial charge < -0.3 is 5.32 Å². The summed E-state index contributed by atoms with van der Waals surface area (Å²) in [4.78, 5) is 9.39. The van der Waals surface area contributed by atoms with Crippen LogP contribution in [0, 0.1) is 6.92 Å². The number of nitrogens with one attached hydrogen (secondary N) is 1. The SMILES string of the molecule is CC.CSc1cc(-c2nn(C)cc2C)ccc1Nc1cc(Cl)nc2c1nc(C(F)F)n2PI. The molecule has 1 unspecified atom stereocenters. The highest BCUT2D eigenvalue weighted by Gasteiger charge is 2.22. The number of imidazole rings is 1. The molecule has 0 aliphatic heterocycles. The number of anilines is 2. The second-order valence-corrected chi connectivity index (χ2v) is 10.0. The number of hydrogen-bond donors (Lipinski definition) is 1. The number of rotatable bonds is 6. The number of aromatic nitrogens is 5. The molecular formula is C21H23ClF2IN6PS. The Morgan fingerprint density at radius 3 is 2.48 bits per heavy atom. The molecule has 0 amide bonds. The van der Waals surface area contributed by atoms with E-state index in [2.05, 4.69) is 26.4 Å². The molecule has 0 bridgehead atoms. The highest BCUT2D eigenvalue weighted by atomic mass is 127. The zero-order valence-corrected chi connectivity index (χ0v) is 23.4. The van der Waals surface area contributed by atoms with Crippen molar-refractivity contribution in [2.75, 3.05) is 11.6 Å². The van der Waals surface area contributed by atoms with Crippen LogP contribution >= 0.6 is 51.8 Å². The van der Waals surface area contributed by atoms with Gasteiger partial charge in [0, 0.05) is 29.8 Å². The van der Waals surface area contributed by atoms with E-state index < -0.39 is 6.43 Å². The molecule has 1 aromatic carbocycles. The molecule has 0 saturated heterocycles. The molecule has 176 valence electrons. The lowest BCUT2D eigenvalue weighted by atomic mass is 10.1. The molecule has 0 radical (unpaired) electrons. The molecule has 1 N–H and O–H groups in total. The monoisotopic (exact) mass is 622 g/mol. The molecule has 4 aromatic rings. The number of alkyl halides is 2. The first-order chi connectivity index (χ1) is 15.8. The Morgan fingerprint density at radius 1 is 1.18 bits per heavy atom. The van der Waals surface area contributed by atoms with Crippen molar-refractivity contribution in [1.29, 1.82) is 0 Å². The molecule has 4 rings (SSSR count). The maximum atomic E-state index is 13.5. The molecule has 6 nitrogen and oxygen atoms in total. The van der Waals surface area contributed by atoms with Gasteiger partial charge in [-0.25, -0.2) is 18.7 Å². The lowest BCUT2D eigenvalue weighted by Crippen LogP contribution is -1.96. The number of aryl methyl sites for hydroxylation is 2. The van der Waals surface area contributed by atoms with Gasteiger partial charge in [0.25, 0.3) is 6.43 Å². The third-order valence-electron chi connectivity index (χ3n) is 4.65. The predicted octanol–water partition coefficient (Wildman–Crippen LogP) is 8.01. The van der Waals surface area contributed by atoms with E-state index in [1.54, 1.807) is 22.5 Å². The Morgan fingerprint density at radius 2 is 1.91 bits per heavy atom. The van der Waals surface area contributed by atoms with Crippen molar-refractivity contribution < 1.29 is 8.78 Å². The van der Waals surface area contributed by atoms with Crippen LogP contribution in [0.1, 0.15) is 31.7 Å². The Hall–Kier alpha value is -1.49. The van der Waals surface area contributed by atoms with Crippen LogP contribution in [0.3, 0.4) is 0 Å². The minimum atomic E-state index is -2.70. The fraction of sp³-hybridized carbons (Fsp3) is 0.286. The number of benzene rings is 1. The highest BCUT2D eigenvalue weighted by Crippen LogP contribution is 2.39. The van der Waals surface area contributed by atoms with E-state index in [-0.39, 0.29) is 17.4 Å². The number of hydrogen-bond acceptors (Lipinski definition) is 5. The smallest absolute Gasteiger partial charge is 0.295 e. The van der Waals surface area contributed by atoms with E-state index in [4.69, 9.17) is 11.6 Å². The third kappa shape index (κ3) is 5.44. The first-order valence-electron chi connectivity index (χ1n) is 10.0. The minimum absolute atomic E-state index is 0.0234. The highest BCUT2D eigenvalue weighted by molar-refractivity contribution is 14.2. The van der Waals surface area contributed by atoms with Gasteiger partial charge in [0.2, 0.25) is 0 Å². The van der Waals surface area contributed by atoms with Gasteiger partial charge in [-0.1, -0.05) is 31.5 Å². The normalized spacial score (nSPS) is 11.5. The summed E-state index contributed by atoms with van der Waals surface area (Å²) in [5, 5.41) is 8.06. The zero-order valence-electron chi connectivity index (χ0n) is 18.6. The number of nitrogens with zero attached hydrogens (tertiary/aromatic N) is 5. The molecule has 3 heterocycles. The molecule has 0 saturated carbocycles. The maximum absolute atomic E-state index is 13.5. The van der Waals surface area contributed by atoms with E-state index in [1.165, 1.54) is 4.34 Å². The average Bonchev–Trinajstić information content (AvgIpc) is 3.34. The van der Waals surface area contributed by atoms with Crippen molar-refractivity contribution in [1.82, 2.24) is 24.1 Å². The lowest BCUT2D eigenvalue weighted by molar-refractivity contribution is 0.140. The Bertz CT molecular complexity index is 1280. The van der Waals surface area contributed by atoms with Crippen LogP contribution in [-0.2, 0) is 7.05 Å². The number of thioether (sulfide) groups is 1. The quantitative estimate of drug-likeness (QED) is 0.102. The third-order valence-corrected chi connectivity index (χ3v) is 7.67. The molecule has 0 aliphatic rings. The lowest BCUT2D eigenvalue weighted by Gasteiger charge is -2.13. The zero-order chi connectivity index (χ0) is 24.3. The van der Waals surface area contributed by atoms with Crippen LogP contribution < -0.4 is 5.32 Å². The van der Waals surface area contributed by atoms with Gasteiger partial charge in [-0.15, -0.1) is 11.8 Å². The van der Waals surface area contributed by atoms with Crippen LogP contribution in [0.15, 0.2) is 35.4 Å². The van der Waals surface area contributed by atoms with Crippen LogP contribution in [0.2, 0.25) is 5.15 Å². The summed E-state index contributed by atoms with van der Waals surface area (Å²) in [6.07, 6.45) is 1.27. The van der Waals surface area contributed by atoms with Crippen LogP contribution in [0.4, 0.5) is 20.2 Å². The largest absolute Gasteiger partial charge is 0.353 e. The van der Waals surface area contributed by atoms with Gasteiger partial charge in [0.15, 0.2) is 11.5 Å². The van der Waals surface area contributed by atoms with Crippen LogP contribution in [0.5, 0.6) is 0 Å². The molecule has 0 spiro atoms. The second-order valence-electron chi connectivity index (χ2n) is 6.73. The van der Waals surface area contributed by atoms with Gasteiger partial charge in [-0.2, -0.15) is 5.10 Å². The first-order valence-corrected chi connectivity index (χ1v) is 15.7. The van der Waals surface area contributed by atoms with E-state index in [1.807, 2.05) is 74.4 Å². The molecule has 0 fully saturated rings. The Labute approximate surface area is 215 Å². The topological polar surface area (TPSA) is 60.6 Å². The summed E-state index contributed by atoms with van der Waals surface area (Å²) in [5.41, 5.74) is 5.05. The van der Waals surface area contributed by atoms with Crippen molar-refractivity contribution >= 4 is 74.3 Å². The number of pyridine rings is 1. The summed E-state index contributed by atoms with van der Waals surface area (Å²) in [6.45, 7) is 6.02. The molecule has 0 aliphatic carbocycles. The van der Waals surface area contributed by atoms with Gasteiger partial charge in [-0.05, 0) is 52.9 Å². The fourth-order valence-corrected chi connectivity index (χ4v) is 6.01.